The van der Waals surface area contributed by atoms with Gasteiger partial charge in [0.25, 0.3) is 5.91 Å². The first-order chi connectivity index (χ1) is 15.2. The lowest BCUT2D eigenvalue weighted by Gasteiger charge is -2.31. The van der Waals surface area contributed by atoms with E-state index in [1.165, 1.54) is 0 Å². The maximum Gasteiger partial charge on any atom is 0.276 e. The zero-order valence-corrected chi connectivity index (χ0v) is 18.2. The van der Waals surface area contributed by atoms with Crippen molar-refractivity contribution in [2.75, 3.05) is 19.7 Å². The van der Waals surface area contributed by atoms with E-state index < -0.39 is 0 Å². The van der Waals surface area contributed by atoms with Crippen molar-refractivity contribution in [1.82, 2.24) is 9.79 Å². The Labute approximate surface area is 186 Å². The molecule has 2 aromatic carbocycles. The van der Waals surface area contributed by atoms with E-state index in [0.29, 0.717) is 12.2 Å². The van der Waals surface area contributed by atoms with Gasteiger partial charge in [0.05, 0.1) is 5.56 Å². The van der Waals surface area contributed by atoms with Gasteiger partial charge in [-0.1, -0.05) is 12.1 Å². The largest absolute Gasteiger partial charge is 0.508 e. The van der Waals surface area contributed by atoms with Crippen molar-refractivity contribution in [3.63, 3.8) is 0 Å². The standard InChI is InChI=1S/C23H28N2O5S/c26-17-8-10-18(11-9-17)29-19-12-14-25(15-13-19)31-21-6-2-1-5-20(21)23(27)24-30-22-7-3-4-16-28-22/h1-2,5-6,8-11,19,22,26H,3-4,7,12-16H2,(H,24,27). The van der Waals surface area contributed by atoms with Crippen molar-refractivity contribution >= 4 is 17.9 Å². The number of phenols is 1. The fourth-order valence-electron chi connectivity index (χ4n) is 3.61. The predicted molar refractivity (Wildman–Crippen MR) is 118 cm³/mol. The number of nitrogens with one attached hydrogen (secondary N) is 1. The fourth-order valence-corrected chi connectivity index (χ4v) is 4.68. The molecule has 1 amide bonds. The van der Waals surface area contributed by atoms with Gasteiger partial charge in [0, 0.05) is 31.0 Å². The third-order valence-electron chi connectivity index (χ3n) is 5.32. The van der Waals surface area contributed by atoms with Crippen molar-refractivity contribution in [3.8, 4) is 11.5 Å². The predicted octanol–water partition coefficient (Wildman–Crippen LogP) is 4.13. The van der Waals surface area contributed by atoms with E-state index in [4.69, 9.17) is 14.3 Å². The van der Waals surface area contributed by atoms with Crippen LogP contribution in [0.4, 0.5) is 0 Å². The average Bonchev–Trinajstić information content (AvgIpc) is 2.81. The minimum Gasteiger partial charge on any atom is -0.508 e. The molecule has 0 aromatic heterocycles. The second-order valence-corrected chi connectivity index (χ2v) is 8.81. The summed E-state index contributed by atoms with van der Waals surface area (Å²) in [7, 11) is 0. The van der Waals surface area contributed by atoms with Gasteiger partial charge in [0.15, 0.2) is 6.29 Å². The van der Waals surface area contributed by atoms with Crippen LogP contribution in [-0.4, -0.2) is 47.4 Å². The first-order valence-corrected chi connectivity index (χ1v) is 11.5. The van der Waals surface area contributed by atoms with Crippen LogP contribution in [0.2, 0.25) is 0 Å². The first-order valence-electron chi connectivity index (χ1n) is 10.7. The zero-order valence-electron chi connectivity index (χ0n) is 17.4. The quantitative estimate of drug-likeness (QED) is 0.491. The Kier molecular flexibility index (Phi) is 7.69. The summed E-state index contributed by atoms with van der Waals surface area (Å²) in [5.74, 6) is 0.744. The maximum absolute atomic E-state index is 12.7. The highest BCUT2D eigenvalue weighted by atomic mass is 32.2. The molecule has 0 aliphatic carbocycles. The Hall–Kier alpha value is -2.26. The number of hydrogen-bond acceptors (Lipinski definition) is 7. The summed E-state index contributed by atoms with van der Waals surface area (Å²) in [4.78, 5) is 19.0. The third kappa shape index (κ3) is 6.36. The lowest BCUT2D eigenvalue weighted by molar-refractivity contribution is -0.186. The molecule has 2 aromatic rings. The molecular weight excluding hydrogens is 416 g/mol. The van der Waals surface area contributed by atoms with Gasteiger partial charge in [-0.05, 0) is 74.0 Å². The van der Waals surface area contributed by atoms with Crippen LogP contribution in [0.25, 0.3) is 0 Å². The van der Waals surface area contributed by atoms with Gasteiger partial charge in [0.1, 0.15) is 17.6 Å². The lowest BCUT2D eigenvalue weighted by Crippen LogP contribution is -2.35. The second-order valence-electron chi connectivity index (χ2n) is 7.67. The number of carbonyl (C=O) groups excluding carboxylic acids is 1. The van der Waals surface area contributed by atoms with Crippen LogP contribution in [0.3, 0.4) is 0 Å². The SMILES string of the molecule is O=C(NOC1CCCCO1)c1ccccc1SN1CCC(Oc2ccc(O)cc2)CC1. The van der Waals surface area contributed by atoms with Gasteiger partial charge >= 0.3 is 0 Å². The molecule has 2 fully saturated rings. The Morgan fingerprint density at radius 2 is 1.84 bits per heavy atom. The highest BCUT2D eigenvalue weighted by Gasteiger charge is 2.23. The van der Waals surface area contributed by atoms with Crippen LogP contribution in [-0.2, 0) is 9.57 Å². The minimum absolute atomic E-state index is 0.142. The maximum atomic E-state index is 12.7. The van der Waals surface area contributed by atoms with E-state index in [1.54, 1.807) is 36.2 Å². The summed E-state index contributed by atoms with van der Waals surface area (Å²) in [5.41, 5.74) is 3.14. The molecule has 2 heterocycles. The molecular formula is C23H28N2O5S. The normalized spacial score (nSPS) is 20.3. The fraction of sp³-hybridized carbons (Fsp3) is 0.435. The highest BCUT2D eigenvalue weighted by Crippen LogP contribution is 2.30. The smallest absolute Gasteiger partial charge is 0.276 e. The van der Waals surface area contributed by atoms with Crippen molar-refractivity contribution in [2.24, 2.45) is 0 Å². The number of carbonyl (C=O) groups is 1. The van der Waals surface area contributed by atoms with Crippen molar-refractivity contribution < 1.29 is 24.2 Å². The van der Waals surface area contributed by atoms with Crippen LogP contribution in [0.5, 0.6) is 11.5 Å². The van der Waals surface area contributed by atoms with E-state index in [-0.39, 0.29) is 24.1 Å². The number of nitrogens with zero attached hydrogens (tertiary/aromatic N) is 1. The van der Waals surface area contributed by atoms with E-state index in [9.17, 15) is 9.90 Å². The lowest BCUT2D eigenvalue weighted by atomic mass is 10.1. The molecule has 7 nitrogen and oxygen atoms in total. The average molecular weight is 445 g/mol. The van der Waals surface area contributed by atoms with Gasteiger partial charge < -0.3 is 14.6 Å². The van der Waals surface area contributed by atoms with Crippen LogP contribution in [0.1, 0.15) is 42.5 Å². The summed E-state index contributed by atoms with van der Waals surface area (Å²) in [5, 5.41) is 9.39. The topological polar surface area (TPSA) is 80.3 Å². The molecule has 8 heteroatoms. The van der Waals surface area contributed by atoms with E-state index >= 15 is 0 Å². The van der Waals surface area contributed by atoms with Crippen LogP contribution in [0.15, 0.2) is 53.4 Å². The number of piperidine rings is 1. The highest BCUT2D eigenvalue weighted by molar-refractivity contribution is 7.97. The summed E-state index contributed by atoms with van der Waals surface area (Å²) >= 11 is 1.59. The Bertz CT molecular complexity index is 849. The molecule has 2 aliphatic rings. The molecule has 2 saturated heterocycles. The van der Waals surface area contributed by atoms with Gasteiger partial charge in [-0.3, -0.25) is 4.79 Å². The second kappa shape index (κ2) is 10.9. The number of aromatic hydroxyl groups is 1. The molecule has 2 N–H and O–H groups in total. The van der Waals surface area contributed by atoms with E-state index in [0.717, 1.165) is 55.8 Å². The summed E-state index contributed by atoms with van der Waals surface area (Å²) in [6.45, 7) is 2.38. The van der Waals surface area contributed by atoms with Crippen molar-refractivity contribution in [2.45, 2.75) is 49.4 Å². The molecule has 31 heavy (non-hydrogen) atoms. The van der Waals surface area contributed by atoms with Gasteiger partial charge in [-0.15, -0.1) is 0 Å². The Balaban J connectivity index is 1.27. The molecule has 0 saturated carbocycles. The van der Waals surface area contributed by atoms with Gasteiger partial charge in [-0.2, -0.15) is 0 Å². The van der Waals surface area contributed by atoms with E-state index in [2.05, 4.69) is 9.79 Å². The molecule has 0 bridgehead atoms. The minimum atomic E-state index is -0.370. The van der Waals surface area contributed by atoms with E-state index in [1.807, 2.05) is 24.3 Å². The number of benzene rings is 2. The number of rotatable bonds is 7. The van der Waals surface area contributed by atoms with Gasteiger partial charge in [-0.25, -0.2) is 14.6 Å². The van der Waals surface area contributed by atoms with Crippen LogP contribution >= 0.6 is 11.9 Å². The number of hydroxylamine groups is 1. The van der Waals surface area contributed by atoms with Crippen LogP contribution in [0, 0.1) is 0 Å². The molecule has 0 radical (unpaired) electrons. The summed E-state index contributed by atoms with van der Waals surface area (Å²) < 4.78 is 13.8. The number of hydrogen-bond donors (Lipinski definition) is 2. The molecule has 4 rings (SSSR count). The molecule has 166 valence electrons. The third-order valence-corrected chi connectivity index (χ3v) is 6.50. The molecule has 2 aliphatic heterocycles. The Morgan fingerprint density at radius 3 is 2.58 bits per heavy atom. The van der Waals surface area contributed by atoms with Crippen molar-refractivity contribution in [1.29, 1.82) is 0 Å². The number of amides is 1. The Morgan fingerprint density at radius 1 is 1.06 bits per heavy atom. The monoisotopic (exact) mass is 444 g/mol. The summed E-state index contributed by atoms with van der Waals surface area (Å²) in [6, 6.07) is 14.4. The number of ether oxygens (including phenoxy) is 2. The molecule has 0 spiro atoms. The summed E-state index contributed by atoms with van der Waals surface area (Å²) in [6.07, 6.45) is 4.42. The zero-order chi connectivity index (χ0) is 21.5. The number of phenolic OH excluding ortho intramolecular Hbond substituents is 1. The molecule has 1 unspecified atom stereocenters. The van der Waals surface area contributed by atoms with Gasteiger partial charge in [0.2, 0.25) is 0 Å². The molecule has 1 atom stereocenters. The first kappa shape index (κ1) is 22.0. The van der Waals surface area contributed by atoms with Crippen molar-refractivity contribution in [3.05, 3.63) is 54.1 Å². The van der Waals surface area contributed by atoms with Crippen LogP contribution < -0.4 is 10.2 Å².